The highest BCUT2D eigenvalue weighted by atomic mass is 16.5. The summed E-state index contributed by atoms with van der Waals surface area (Å²) in [4.78, 5) is 3.95. The Bertz CT molecular complexity index is 365. The molecular weight excluding hydrogens is 210 g/mol. The van der Waals surface area contributed by atoms with Crippen LogP contribution in [0.2, 0.25) is 0 Å². The lowest BCUT2D eigenvalue weighted by atomic mass is 10.1. The minimum Gasteiger partial charge on any atom is -0.487 e. The van der Waals surface area contributed by atoms with Crippen molar-refractivity contribution in [2.45, 2.75) is 19.8 Å². The highest BCUT2D eigenvalue weighted by molar-refractivity contribution is 5.41. The van der Waals surface area contributed by atoms with Gasteiger partial charge in [0, 0.05) is 17.3 Å². The van der Waals surface area contributed by atoms with E-state index in [2.05, 4.69) is 11.6 Å². The number of nitrogens with zero attached hydrogens (tertiary/aromatic N) is 1. The van der Waals surface area contributed by atoms with E-state index in [-0.39, 0.29) is 26.4 Å². The molecule has 0 amide bonds. The number of rotatable bonds is 6. The molecule has 0 saturated heterocycles. The predicted octanol–water partition coefficient (Wildman–Crippen LogP) is 0.123. The largest absolute Gasteiger partial charge is 0.487 e. The van der Waals surface area contributed by atoms with E-state index in [1.54, 1.807) is 6.08 Å². The van der Waals surface area contributed by atoms with E-state index >= 15 is 0 Å². The Balaban J connectivity index is 3.19. The Kier molecular flexibility index (Phi) is 4.91. The molecule has 0 aliphatic heterocycles. The van der Waals surface area contributed by atoms with E-state index in [4.69, 9.17) is 14.9 Å². The van der Waals surface area contributed by atoms with Crippen LogP contribution in [0.15, 0.2) is 18.9 Å². The summed E-state index contributed by atoms with van der Waals surface area (Å²) < 4.78 is 5.33. The lowest BCUT2D eigenvalue weighted by Gasteiger charge is -2.14. The molecule has 0 atom stereocenters. The summed E-state index contributed by atoms with van der Waals surface area (Å²) >= 11 is 0. The van der Waals surface area contributed by atoms with Crippen molar-refractivity contribution in [2.75, 3.05) is 6.61 Å². The van der Waals surface area contributed by atoms with Gasteiger partial charge in [0.25, 0.3) is 0 Å². The molecule has 88 valence electrons. The second-order valence-electron chi connectivity index (χ2n) is 3.11. The van der Waals surface area contributed by atoms with Crippen molar-refractivity contribution in [3.8, 4) is 5.75 Å². The van der Waals surface area contributed by atoms with Gasteiger partial charge < -0.3 is 20.1 Å². The molecule has 0 aromatic carbocycles. The molecule has 0 saturated carbocycles. The summed E-state index contributed by atoms with van der Waals surface area (Å²) in [7, 11) is 0. The van der Waals surface area contributed by atoms with Gasteiger partial charge in [-0.05, 0) is 0 Å². The van der Waals surface area contributed by atoms with Crippen molar-refractivity contribution in [1.82, 2.24) is 4.98 Å². The van der Waals surface area contributed by atoms with Crippen molar-refractivity contribution in [3.63, 3.8) is 0 Å². The average molecular weight is 225 g/mol. The van der Waals surface area contributed by atoms with Crippen molar-refractivity contribution >= 4 is 0 Å². The van der Waals surface area contributed by atoms with Crippen LogP contribution in [0.5, 0.6) is 5.75 Å². The molecule has 1 aromatic heterocycles. The first kappa shape index (κ1) is 12.6. The third-order valence-electron chi connectivity index (χ3n) is 2.12. The molecule has 16 heavy (non-hydrogen) atoms. The van der Waals surface area contributed by atoms with Gasteiger partial charge in [0.15, 0.2) is 0 Å². The zero-order valence-electron chi connectivity index (χ0n) is 8.89. The Morgan fingerprint density at radius 2 is 2.00 bits per heavy atom. The number of ether oxygens (including phenoxy) is 1. The summed E-state index contributed by atoms with van der Waals surface area (Å²) in [5, 5.41) is 27.4. The molecule has 0 spiro atoms. The molecule has 0 fully saturated rings. The molecule has 0 aliphatic rings. The number of hydrogen-bond donors (Lipinski definition) is 3. The Hall–Kier alpha value is -1.43. The van der Waals surface area contributed by atoms with Crippen LogP contribution in [0, 0.1) is 0 Å². The van der Waals surface area contributed by atoms with Gasteiger partial charge in [-0.15, -0.1) is 0 Å². The quantitative estimate of drug-likeness (QED) is 0.599. The van der Waals surface area contributed by atoms with E-state index < -0.39 is 0 Å². The van der Waals surface area contributed by atoms with Crippen LogP contribution in [0.1, 0.15) is 16.8 Å². The van der Waals surface area contributed by atoms with Crippen molar-refractivity contribution < 1.29 is 20.1 Å². The summed E-state index contributed by atoms with van der Waals surface area (Å²) in [5.74, 6) is 0.316. The lowest BCUT2D eigenvalue weighted by molar-refractivity contribution is 0.240. The van der Waals surface area contributed by atoms with Gasteiger partial charge in [-0.25, -0.2) is 0 Å². The minimum atomic E-state index is -0.287. The second kappa shape index (κ2) is 6.22. The van der Waals surface area contributed by atoms with Crippen LogP contribution in [0.25, 0.3) is 0 Å². The molecule has 1 rings (SSSR count). The maximum absolute atomic E-state index is 9.22. The number of aliphatic hydroxyl groups is 3. The van der Waals surface area contributed by atoms with Crippen molar-refractivity contribution in [2.24, 2.45) is 0 Å². The maximum Gasteiger partial charge on any atom is 0.149 e. The Labute approximate surface area is 93.6 Å². The van der Waals surface area contributed by atoms with Crippen molar-refractivity contribution in [1.29, 1.82) is 0 Å². The molecule has 0 unspecified atom stereocenters. The molecule has 0 radical (unpaired) electrons. The molecule has 1 aromatic rings. The average Bonchev–Trinajstić information content (AvgIpc) is 2.34. The maximum atomic E-state index is 9.22. The first-order chi connectivity index (χ1) is 7.78. The molecule has 3 N–H and O–H groups in total. The topological polar surface area (TPSA) is 82.8 Å². The SMILES string of the molecule is C=CCOc1c(CO)ncc(CO)c1CO. The summed E-state index contributed by atoms with van der Waals surface area (Å²) in [6.45, 7) is 2.95. The predicted molar refractivity (Wildman–Crippen MR) is 57.7 cm³/mol. The number of pyridine rings is 1. The van der Waals surface area contributed by atoms with Crippen LogP contribution in [-0.4, -0.2) is 26.9 Å². The van der Waals surface area contributed by atoms with Crippen LogP contribution < -0.4 is 4.74 Å². The van der Waals surface area contributed by atoms with Crippen molar-refractivity contribution in [3.05, 3.63) is 35.7 Å². The third kappa shape index (κ3) is 2.57. The summed E-state index contributed by atoms with van der Waals surface area (Å²) in [6, 6.07) is 0. The van der Waals surface area contributed by atoms with Gasteiger partial charge in [0.2, 0.25) is 0 Å². The zero-order valence-corrected chi connectivity index (χ0v) is 8.89. The fraction of sp³-hybridized carbons (Fsp3) is 0.364. The molecular formula is C11H15NO4. The Morgan fingerprint density at radius 3 is 2.50 bits per heavy atom. The van der Waals surface area contributed by atoms with E-state index in [1.165, 1.54) is 6.20 Å². The highest BCUT2D eigenvalue weighted by Crippen LogP contribution is 2.26. The Morgan fingerprint density at radius 1 is 1.25 bits per heavy atom. The lowest BCUT2D eigenvalue weighted by Crippen LogP contribution is -2.07. The smallest absolute Gasteiger partial charge is 0.149 e. The molecule has 5 nitrogen and oxygen atoms in total. The van der Waals surface area contributed by atoms with Crippen LogP contribution in [0.4, 0.5) is 0 Å². The first-order valence-electron chi connectivity index (χ1n) is 4.84. The molecule has 1 heterocycles. The van der Waals surface area contributed by atoms with Gasteiger partial charge in [-0.2, -0.15) is 0 Å². The minimum absolute atomic E-state index is 0.237. The highest BCUT2D eigenvalue weighted by Gasteiger charge is 2.14. The summed E-state index contributed by atoms with van der Waals surface area (Å²) in [5.41, 5.74) is 1.27. The first-order valence-corrected chi connectivity index (χ1v) is 4.84. The standard InChI is InChI=1S/C11H15NO4/c1-2-3-16-11-9(6-14)8(5-13)4-12-10(11)7-15/h2,4,13-15H,1,3,5-7H2. The van der Waals surface area contributed by atoms with E-state index in [0.717, 1.165) is 0 Å². The van der Waals surface area contributed by atoms with Crippen LogP contribution >= 0.6 is 0 Å². The van der Waals surface area contributed by atoms with Crippen LogP contribution in [0.3, 0.4) is 0 Å². The molecule has 5 heteroatoms. The van der Waals surface area contributed by atoms with E-state index in [0.29, 0.717) is 22.6 Å². The van der Waals surface area contributed by atoms with Crippen LogP contribution in [-0.2, 0) is 19.8 Å². The van der Waals surface area contributed by atoms with Gasteiger partial charge in [0.05, 0.1) is 19.8 Å². The summed E-state index contributed by atoms with van der Waals surface area (Å²) in [6.07, 6.45) is 2.96. The number of aliphatic hydroxyl groups excluding tert-OH is 3. The van der Waals surface area contributed by atoms with Gasteiger partial charge in [-0.1, -0.05) is 12.7 Å². The monoisotopic (exact) mass is 225 g/mol. The zero-order chi connectivity index (χ0) is 12.0. The van der Waals surface area contributed by atoms with Gasteiger partial charge >= 0.3 is 0 Å². The number of hydrogen-bond acceptors (Lipinski definition) is 5. The molecule has 0 bridgehead atoms. The third-order valence-corrected chi connectivity index (χ3v) is 2.12. The second-order valence-corrected chi connectivity index (χ2v) is 3.11. The van der Waals surface area contributed by atoms with E-state index in [1.807, 2.05) is 0 Å². The van der Waals surface area contributed by atoms with Gasteiger partial charge in [-0.3, -0.25) is 4.98 Å². The number of aromatic nitrogens is 1. The van der Waals surface area contributed by atoms with E-state index in [9.17, 15) is 5.11 Å². The van der Waals surface area contributed by atoms with Gasteiger partial charge in [0.1, 0.15) is 18.1 Å². The normalized spacial score (nSPS) is 10.2. The fourth-order valence-electron chi connectivity index (χ4n) is 1.35. The molecule has 0 aliphatic carbocycles. The fourth-order valence-corrected chi connectivity index (χ4v) is 1.35.